The van der Waals surface area contributed by atoms with Crippen molar-refractivity contribution in [2.45, 2.75) is 22.3 Å². The predicted molar refractivity (Wildman–Crippen MR) is 70.2 cm³/mol. The summed E-state index contributed by atoms with van der Waals surface area (Å²) in [6.07, 6.45) is 5.18. The molecule has 1 aliphatic rings. The Kier molecular flexibility index (Phi) is 3.56. The van der Waals surface area contributed by atoms with Gasteiger partial charge in [-0.2, -0.15) is 4.98 Å². The van der Waals surface area contributed by atoms with Crippen LogP contribution in [0.3, 0.4) is 0 Å². The summed E-state index contributed by atoms with van der Waals surface area (Å²) in [6, 6.07) is 1.40. The minimum absolute atomic E-state index is 0.0599. The fourth-order valence-electron chi connectivity index (χ4n) is 1.95. The van der Waals surface area contributed by atoms with Crippen molar-refractivity contribution in [3.8, 4) is 12.3 Å². The molecule has 5 N–H and O–H groups in total. The van der Waals surface area contributed by atoms with Gasteiger partial charge in [0.2, 0.25) is 0 Å². The van der Waals surface area contributed by atoms with Crippen LogP contribution < -0.4 is 11.4 Å². The second-order valence-electron chi connectivity index (χ2n) is 4.15. The Hall–Kier alpha value is -1.53. The van der Waals surface area contributed by atoms with Gasteiger partial charge in [0, 0.05) is 6.20 Å². The first kappa shape index (κ1) is 13.9. The minimum atomic E-state index is -1.90. The third-order valence-electron chi connectivity index (χ3n) is 3.04. The Morgan fingerprint density at radius 1 is 1.68 bits per heavy atom. The highest BCUT2D eigenvalue weighted by atomic mass is 32.2. The van der Waals surface area contributed by atoms with Crippen molar-refractivity contribution >= 4 is 17.6 Å². The lowest BCUT2D eigenvalue weighted by Crippen LogP contribution is -2.48. The molecule has 19 heavy (non-hydrogen) atoms. The molecule has 0 aromatic carbocycles. The van der Waals surface area contributed by atoms with Crippen LogP contribution in [0.15, 0.2) is 17.1 Å². The molecule has 0 amide bonds. The highest BCUT2D eigenvalue weighted by Gasteiger charge is 2.54. The smallest absolute Gasteiger partial charge is 0.350 e. The first-order valence-electron chi connectivity index (χ1n) is 5.43. The molecule has 0 bridgehead atoms. The Balaban J connectivity index is 2.43. The van der Waals surface area contributed by atoms with Crippen LogP contribution in [-0.2, 0) is 0 Å². The average Bonchev–Trinajstić information content (AvgIpc) is 2.63. The Bertz CT molecular complexity index is 584. The summed E-state index contributed by atoms with van der Waals surface area (Å²) in [6.45, 7) is -0.421. The largest absolute Gasteiger partial charge is 0.395 e. The summed E-state index contributed by atoms with van der Waals surface area (Å²) < 4.78 is 1.13. The molecular weight excluding hydrogens is 270 g/mol. The molecule has 2 rings (SSSR count). The fourth-order valence-corrected chi connectivity index (χ4v) is 3.44. The zero-order valence-electron chi connectivity index (χ0n) is 9.80. The molecular formula is C11H13N3O4S. The number of hydrogen-bond acceptors (Lipinski definition) is 7. The van der Waals surface area contributed by atoms with E-state index in [9.17, 15) is 20.1 Å². The highest BCUT2D eigenvalue weighted by molar-refractivity contribution is 8.00. The quantitative estimate of drug-likeness (QED) is 0.470. The van der Waals surface area contributed by atoms with Crippen LogP contribution in [0.2, 0.25) is 0 Å². The summed E-state index contributed by atoms with van der Waals surface area (Å²) in [7, 11) is 0. The molecule has 1 saturated heterocycles. The van der Waals surface area contributed by atoms with Gasteiger partial charge >= 0.3 is 5.69 Å². The number of nitrogen functional groups attached to an aromatic ring is 1. The molecule has 0 spiro atoms. The number of terminal acetylenes is 1. The molecule has 1 fully saturated rings. The number of hydrogen-bond donors (Lipinski definition) is 4. The van der Waals surface area contributed by atoms with Gasteiger partial charge in [-0.25, -0.2) is 4.79 Å². The molecule has 1 aliphatic heterocycles. The van der Waals surface area contributed by atoms with Gasteiger partial charge in [0.15, 0.2) is 5.60 Å². The lowest BCUT2D eigenvalue weighted by atomic mass is 9.94. The molecule has 1 aromatic rings. The third-order valence-corrected chi connectivity index (χ3v) is 4.64. The second kappa shape index (κ2) is 4.86. The molecule has 8 heteroatoms. The maximum atomic E-state index is 11.7. The van der Waals surface area contributed by atoms with Gasteiger partial charge in [-0.1, -0.05) is 5.92 Å². The van der Waals surface area contributed by atoms with E-state index in [-0.39, 0.29) is 5.82 Å². The van der Waals surface area contributed by atoms with Crippen molar-refractivity contribution in [3.63, 3.8) is 0 Å². The summed E-state index contributed by atoms with van der Waals surface area (Å²) in [5.41, 5.74) is 2.82. The molecule has 0 unspecified atom stereocenters. The van der Waals surface area contributed by atoms with Crippen LogP contribution >= 0.6 is 11.8 Å². The molecule has 7 nitrogen and oxygen atoms in total. The molecule has 0 aliphatic carbocycles. The summed E-state index contributed by atoms with van der Waals surface area (Å²) >= 11 is 1.01. The molecule has 0 saturated carbocycles. The van der Waals surface area contributed by atoms with Gasteiger partial charge < -0.3 is 21.1 Å². The van der Waals surface area contributed by atoms with Crippen molar-refractivity contribution in [2.24, 2.45) is 0 Å². The average molecular weight is 283 g/mol. The molecule has 0 radical (unpaired) electrons. The number of nitrogens with two attached hydrogens (primary N) is 1. The molecule has 4 atom stereocenters. The maximum Gasteiger partial charge on any atom is 0.350 e. The number of aromatic nitrogens is 2. The maximum absolute atomic E-state index is 11.7. The fraction of sp³-hybridized carbons (Fsp3) is 0.455. The van der Waals surface area contributed by atoms with Crippen LogP contribution in [0, 0.1) is 12.3 Å². The van der Waals surface area contributed by atoms with E-state index in [1.807, 2.05) is 0 Å². The summed E-state index contributed by atoms with van der Waals surface area (Å²) in [5, 5.41) is 27.9. The van der Waals surface area contributed by atoms with E-state index in [2.05, 4.69) is 10.9 Å². The van der Waals surface area contributed by atoms with Crippen LogP contribution in [0.5, 0.6) is 0 Å². The lowest BCUT2D eigenvalue weighted by molar-refractivity contribution is -0.0384. The number of anilines is 1. The van der Waals surface area contributed by atoms with Crippen molar-refractivity contribution in [2.75, 3.05) is 12.3 Å². The van der Waals surface area contributed by atoms with E-state index in [1.54, 1.807) is 0 Å². The van der Waals surface area contributed by atoms with Crippen molar-refractivity contribution in [1.29, 1.82) is 0 Å². The van der Waals surface area contributed by atoms with Gasteiger partial charge in [-0.05, 0) is 6.07 Å². The van der Waals surface area contributed by atoms with Gasteiger partial charge in [-0.3, -0.25) is 4.57 Å². The topological polar surface area (TPSA) is 122 Å². The number of thioether (sulfide) groups is 1. The van der Waals surface area contributed by atoms with E-state index in [4.69, 9.17) is 12.2 Å². The van der Waals surface area contributed by atoms with Crippen LogP contribution in [0.4, 0.5) is 5.82 Å². The van der Waals surface area contributed by atoms with Crippen molar-refractivity contribution in [1.82, 2.24) is 9.55 Å². The first-order chi connectivity index (χ1) is 8.93. The first-order valence-corrected chi connectivity index (χ1v) is 6.37. The van der Waals surface area contributed by atoms with Gasteiger partial charge in [0.05, 0.1) is 11.9 Å². The van der Waals surface area contributed by atoms with Crippen LogP contribution in [-0.4, -0.2) is 48.4 Å². The summed E-state index contributed by atoms with van der Waals surface area (Å²) in [4.78, 5) is 15.3. The Morgan fingerprint density at radius 2 is 2.37 bits per heavy atom. The zero-order chi connectivity index (χ0) is 14.2. The SMILES string of the molecule is C#C[C@@]1(O)[C@@H](CO)S[C@@H](n2ccc(N)nc2=O)[C@@H]1O. The van der Waals surface area contributed by atoms with E-state index in [0.717, 1.165) is 16.3 Å². The number of rotatable bonds is 2. The number of nitrogens with zero attached hydrogens (tertiary/aromatic N) is 2. The number of aliphatic hydroxyl groups excluding tert-OH is 2. The Labute approximate surface area is 113 Å². The van der Waals surface area contributed by atoms with Gasteiger partial charge in [0.1, 0.15) is 17.3 Å². The lowest BCUT2D eigenvalue weighted by Gasteiger charge is -2.25. The van der Waals surface area contributed by atoms with Crippen LogP contribution in [0.1, 0.15) is 5.37 Å². The third kappa shape index (κ3) is 2.11. The van der Waals surface area contributed by atoms with Crippen molar-refractivity contribution < 1.29 is 15.3 Å². The van der Waals surface area contributed by atoms with Gasteiger partial charge in [-0.15, -0.1) is 18.2 Å². The monoisotopic (exact) mass is 283 g/mol. The van der Waals surface area contributed by atoms with Crippen LogP contribution in [0.25, 0.3) is 0 Å². The normalized spacial score (nSPS) is 34.1. The summed E-state index contributed by atoms with van der Waals surface area (Å²) in [5.74, 6) is 2.15. The highest BCUT2D eigenvalue weighted by Crippen LogP contribution is 2.46. The second-order valence-corrected chi connectivity index (χ2v) is 5.48. The Morgan fingerprint density at radius 3 is 2.84 bits per heavy atom. The molecule has 102 valence electrons. The predicted octanol–water partition coefficient (Wildman–Crippen LogP) is -1.84. The van der Waals surface area contributed by atoms with Gasteiger partial charge in [0.25, 0.3) is 0 Å². The molecule has 2 heterocycles. The van der Waals surface area contributed by atoms with E-state index in [0.29, 0.717) is 0 Å². The van der Waals surface area contributed by atoms with E-state index >= 15 is 0 Å². The van der Waals surface area contributed by atoms with Crippen molar-refractivity contribution in [3.05, 3.63) is 22.7 Å². The number of aliphatic hydroxyl groups is 3. The standard InChI is InChI=1S/C11H13N3O4S/c1-2-11(18)6(5-15)19-9(8(11)16)14-4-3-7(12)13-10(14)17/h1,3-4,6,8-9,15-16,18H,5H2,(H2,12,13,17)/t6-,8+,9-,11-/m1/s1. The van der Waals surface area contributed by atoms with E-state index in [1.165, 1.54) is 12.3 Å². The van der Waals surface area contributed by atoms with E-state index < -0.39 is 34.6 Å². The molecule has 1 aromatic heterocycles. The zero-order valence-corrected chi connectivity index (χ0v) is 10.6. The minimum Gasteiger partial charge on any atom is -0.395 e.